The molecule has 1 aromatic rings. The lowest BCUT2D eigenvalue weighted by Gasteiger charge is -1.97. The van der Waals surface area contributed by atoms with Crippen LogP contribution in [0.25, 0.3) is 12.2 Å². The van der Waals surface area contributed by atoms with Crippen LogP contribution >= 0.6 is 0 Å². The van der Waals surface area contributed by atoms with Gasteiger partial charge in [-0.3, -0.25) is 0 Å². The molecule has 0 aromatic heterocycles. The van der Waals surface area contributed by atoms with Crippen molar-refractivity contribution in [3.8, 4) is 0 Å². The molecule has 1 aromatic carbocycles. The van der Waals surface area contributed by atoms with E-state index in [1.54, 1.807) is 0 Å². The summed E-state index contributed by atoms with van der Waals surface area (Å²) in [7, 11) is 0. The van der Waals surface area contributed by atoms with Gasteiger partial charge in [0.15, 0.2) is 0 Å². The fraction of sp³-hybridized carbons (Fsp3) is 0.0909. The van der Waals surface area contributed by atoms with Crippen LogP contribution < -0.4 is 0 Å². The quantitative estimate of drug-likeness (QED) is 0.564. The van der Waals surface area contributed by atoms with E-state index in [4.69, 9.17) is 0 Å². The van der Waals surface area contributed by atoms with E-state index in [-0.39, 0.29) is 0 Å². The number of allylic oxidation sites excluding steroid dienone is 1. The average Bonchev–Trinajstić information content (AvgIpc) is 2.50. The third kappa shape index (κ3) is 1.01. The molecule has 0 saturated carbocycles. The number of rotatable bonds is 1. The van der Waals surface area contributed by atoms with Gasteiger partial charge >= 0.3 is 0 Å². The Morgan fingerprint density at radius 1 is 1.45 bits per heavy atom. The zero-order valence-electron chi connectivity index (χ0n) is 6.30. The van der Waals surface area contributed by atoms with Gasteiger partial charge < -0.3 is 0 Å². The Labute approximate surface area is 66.9 Å². The van der Waals surface area contributed by atoms with Gasteiger partial charge in [-0.2, -0.15) is 0 Å². The fourth-order valence-electron chi connectivity index (χ4n) is 1.31. The average molecular weight is 141 g/mol. The normalized spacial score (nSPS) is 13.1. The molecule has 0 atom stereocenters. The molecule has 2 rings (SSSR count). The number of benzene rings is 1. The number of fused-ring (bicyclic) bond motifs is 1. The molecule has 0 aliphatic heterocycles. The molecular formula is C11H9. The summed E-state index contributed by atoms with van der Waals surface area (Å²) >= 11 is 0. The zero-order valence-corrected chi connectivity index (χ0v) is 6.30. The van der Waals surface area contributed by atoms with Crippen molar-refractivity contribution >= 4 is 12.2 Å². The molecule has 0 fully saturated rings. The van der Waals surface area contributed by atoms with E-state index in [1.807, 2.05) is 6.08 Å². The predicted molar refractivity (Wildman–Crippen MR) is 48.1 cm³/mol. The van der Waals surface area contributed by atoms with Crippen LogP contribution in [0.3, 0.4) is 0 Å². The maximum absolute atomic E-state index is 3.70. The Morgan fingerprint density at radius 3 is 3.18 bits per heavy atom. The highest BCUT2D eigenvalue weighted by Crippen LogP contribution is 2.20. The van der Waals surface area contributed by atoms with E-state index in [1.165, 1.54) is 11.1 Å². The summed E-state index contributed by atoms with van der Waals surface area (Å²) in [4.78, 5) is 0. The molecule has 11 heavy (non-hydrogen) atoms. The lowest BCUT2D eigenvalue weighted by molar-refractivity contribution is 1.31. The van der Waals surface area contributed by atoms with E-state index in [0.29, 0.717) is 0 Å². The first-order valence-electron chi connectivity index (χ1n) is 3.74. The first-order valence-corrected chi connectivity index (χ1v) is 3.74. The monoisotopic (exact) mass is 141 g/mol. The molecule has 0 nitrogen and oxygen atoms in total. The van der Waals surface area contributed by atoms with E-state index >= 15 is 0 Å². The molecule has 0 N–H and O–H groups in total. The number of hydrogen-bond donors (Lipinski definition) is 0. The van der Waals surface area contributed by atoms with Crippen molar-refractivity contribution in [1.82, 2.24) is 0 Å². The van der Waals surface area contributed by atoms with Crippen molar-refractivity contribution in [3.63, 3.8) is 0 Å². The van der Waals surface area contributed by atoms with E-state index in [9.17, 15) is 0 Å². The van der Waals surface area contributed by atoms with E-state index in [0.717, 1.165) is 12.0 Å². The van der Waals surface area contributed by atoms with E-state index < -0.39 is 0 Å². The van der Waals surface area contributed by atoms with Gasteiger partial charge in [0.25, 0.3) is 0 Å². The van der Waals surface area contributed by atoms with Gasteiger partial charge in [0.05, 0.1) is 0 Å². The molecule has 0 spiro atoms. The lowest BCUT2D eigenvalue weighted by Crippen LogP contribution is -1.82. The number of hydrogen-bond acceptors (Lipinski definition) is 0. The van der Waals surface area contributed by atoms with Crippen molar-refractivity contribution < 1.29 is 0 Å². The zero-order chi connectivity index (χ0) is 7.68. The Balaban J connectivity index is 2.55. The maximum atomic E-state index is 3.70. The van der Waals surface area contributed by atoms with Gasteiger partial charge in [0.2, 0.25) is 0 Å². The van der Waals surface area contributed by atoms with Gasteiger partial charge in [-0.05, 0) is 29.2 Å². The summed E-state index contributed by atoms with van der Waals surface area (Å²) in [5.74, 6) is 0. The van der Waals surface area contributed by atoms with Crippen molar-refractivity contribution in [2.24, 2.45) is 0 Å². The highest BCUT2D eigenvalue weighted by atomic mass is 14.1. The Bertz CT molecular complexity index is 319. The van der Waals surface area contributed by atoms with Crippen LogP contribution in [0.2, 0.25) is 0 Å². The van der Waals surface area contributed by atoms with Crippen LogP contribution in [0.1, 0.15) is 16.7 Å². The van der Waals surface area contributed by atoms with Crippen LogP contribution in [0.4, 0.5) is 0 Å². The summed E-state index contributed by atoms with van der Waals surface area (Å²) in [6, 6.07) is 7.47. The van der Waals surface area contributed by atoms with Crippen molar-refractivity contribution in [2.75, 3.05) is 0 Å². The Hall–Kier alpha value is -1.30. The van der Waals surface area contributed by atoms with Crippen molar-refractivity contribution in [2.45, 2.75) is 6.42 Å². The molecule has 1 aliphatic rings. The van der Waals surface area contributed by atoms with Crippen LogP contribution in [0.15, 0.2) is 24.8 Å². The Morgan fingerprint density at radius 2 is 2.36 bits per heavy atom. The summed E-state index contributed by atoms with van der Waals surface area (Å²) < 4.78 is 0. The molecule has 0 saturated heterocycles. The minimum atomic E-state index is 1.06. The maximum Gasteiger partial charge on any atom is -0.00242 e. The molecule has 0 heterocycles. The largest absolute Gasteiger partial charge is 0.0984 e. The molecule has 0 unspecified atom stereocenters. The minimum absolute atomic E-state index is 1.06. The van der Waals surface area contributed by atoms with Crippen molar-refractivity contribution in [1.29, 1.82) is 0 Å². The molecule has 1 aliphatic carbocycles. The van der Waals surface area contributed by atoms with Crippen LogP contribution in [-0.2, 0) is 6.42 Å². The topological polar surface area (TPSA) is 0 Å². The minimum Gasteiger partial charge on any atom is -0.0984 e. The van der Waals surface area contributed by atoms with Crippen LogP contribution in [0, 0.1) is 6.07 Å². The molecule has 0 heteroatoms. The van der Waals surface area contributed by atoms with Gasteiger partial charge in [0, 0.05) is 0 Å². The second-order valence-corrected chi connectivity index (χ2v) is 2.66. The summed E-state index contributed by atoms with van der Waals surface area (Å²) in [6.07, 6.45) is 7.16. The highest BCUT2D eigenvalue weighted by Gasteiger charge is 2.03. The first-order chi connectivity index (χ1) is 5.40. The van der Waals surface area contributed by atoms with Crippen molar-refractivity contribution in [3.05, 3.63) is 47.5 Å². The van der Waals surface area contributed by atoms with Crippen LogP contribution in [0.5, 0.6) is 0 Å². The van der Waals surface area contributed by atoms with Gasteiger partial charge in [-0.25, -0.2) is 0 Å². The predicted octanol–water partition coefficient (Wildman–Crippen LogP) is 2.70. The molecule has 0 bridgehead atoms. The SMILES string of the molecule is C=Cc1[c]c2c(cc1)CC=C2. The van der Waals surface area contributed by atoms with Gasteiger partial charge in [-0.1, -0.05) is 36.9 Å². The second kappa shape index (κ2) is 2.39. The molecule has 1 radical (unpaired) electrons. The van der Waals surface area contributed by atoms with Crippen LogP contribution in [-0.4, -0.2) is 0 Å². The standard InChI is InChI=1S/C11H9/c1-2-9-6-7-10-4-3-5-11(10)8-9/h2-3,5-7H,1,4H2. The smallest absolute Gasteiger partial charge is 0.00242 e. The lowest BCUT2D eigenvalue weighted by atomic mass is 10.1. The van der Waals surface area contributed by atoms with Gasteiger partial charge in [-0.15, -0.1) is 0 Å². The Kier molecular flexibility index (Phi) is 1.39. The van der Waals surface area contributed by atoms with Gasteiger partial charge in [0.1, 0.15) is 0 Å². The summed E-state index contributed by atoms with van der Waals surface area (Å²) in [6.45, 7) is 3.70. The highest BCUT2D eigenvalue weighted by molar-refractivity contribution is 5.63. The molecular weight excluding hydrogens is 132 g/mol. The first kappa shape index (κ1) is 6.41. The third-order valence-corrected chi connectivity index (χ3v) is 1.93. The molecule has 0 amide bonds. The second-order valence-electron chi connectivity index (χ2n) is 2.66. The third-order valence-electron chi connectivity index (χ3n) is 1.93. The molecule has 53 valence electrons. The van der Waals surface area contributed by atoms with E-state index in [2.05, 4.69) is 36.9 Å². The summed E-state index contributed by atoms with van der Waals surface area (Å²) in [5, 5.41) is 0. The fourth-order valence-corrected chi connectivity index (χ4v) is 1.31. The summed E-state index contributed by atoms with van der Waals surface area (Å²) in [5.41, 5.74) is 3.67.